The summed E-state index contributed by atoms with van der Waals surface area (Å²) in [5.74, 6) is -1.39. The fraction of sp³-hybridized carbons (Fsp3) is 0.342. The first-order chi connectivity index (χ1) is 21.9. The third kappa shape index (κ3) is 9.33. The molecule has 6 nitrogen and oxygen atoms in total. The van der Waals surface area contributed by atoms with Crippen molar-refractivity contribution in [2.45, 2.75) is 70.6 Å². The minimum Gasteiger partial charge on any atom is -0.462 e. The van der Waals surface area contributed by atoms with E-state index in [0.717, 1.165) is 38.5 Å². The van der Waals surface area contributed by atoms with Crippen molar-refractivity contribution in [2.75, 3.05) is 13.2 Å². The van der Waals surface area contributed by atoms with Crippen molar-refractivity contribution in [1.29, 1.82) is 5.26 Å². The number of carbonyl (C=O) groups excluding carboxylic acids is 2. The lowest BCUT2D eigenvalue weighted by Crippen LogP contribution is -2.32. The van der Waals surface area contributed by atoms with E-state index in [-0.39, 0.29) is 13.0 Å². The van der Waals surface area contributed by atoms with Crippen LogP contribution in [0.15, 0.2) is 107 Å². The van der Waals surface area contributed by atoms with Crippen LogP contribution in [0.2, 0.25) is 5.02 Å². The molecule has 1 N–H and O–H groups in total. The number of dihydropyridines is 1. The highest BCUT2D eigenvalue weighted by atomic mass is 35.5. The van der Waals surface area contributed by atoms with E-state index in [0.29, 0.717) is 45.7 Å². The Balaban J connectivity index is 1.32. The van der Waals surface area contributed by atoms with Crippen molar-refractivity contribution < 1.29 is 19.1 Å². The summed E-state index contributed by atoms with van der Waals surface area (Å²) in [5, 5.41) is 12.5. The molecule has 1 atom stereocenters. The van der Waals surface area contributed by atoms with Crippen molar-refractivity contribution in [3.63, 3.8) is 0 Å². The summed E-state index contributed by atoms with van der Waals surface area (Å²) < 4.78 is 11.1. The molecule has 1 aliphatic heterocycles. The largest absolute Gasteiger partial charge is 0.462 e. The molecule has 3 aromatic carbocycles. The summed E-state index contributed by atoms with van der Waals surface area (Å²) in [6.45, 7) is 3.83. The number of benzene rings is 3. The van der Waals surface area contributed by atoms with Gasteiger partial charge in [0, 0.05) is 22.3 Å². The molecule has 0 saturated carbocycles. The van der Waals surface area contributed by atoms with Gasteiger partial charge in [-0.25, -0.2) is 9.59 Å². The van der Waals surface area contributed by atoms with Gasteiger partial charge in [0.1, 0.15) is 6.61 Å². The molecule has 0 spiro atoms. The van der Waals surface area contributed by atoms with E-state index in [9.17, 15) is 9.59 Å². The first kappa shape index (κ1) is 33.6. The average molecular weight is 625 g/mol. The molecule has 234 valence electrons. The summed E-state index contributed by atoms with van der Waals surface area (Å²) in [7, 11) is 0. The van der Waals surface area contributed by atoms with Gasteiger partial charge >= 0.3 is 11.9 Å². The van der Waals surface area contributed by atoms with Crippen molar-refractivity contribution in [1.82, 2.24) is 5.32 Å². The lowest BCUT2D eigenvalue weighted by atomic mass is 9.80. The number of ether oxygens (including phenoxy) is 2. The predicted octanol–water partition coefficient (Wildman–Crippen LogP) is 8.75. The van der Waals surface area contributed by atoms with Crippen molar-refractivity contribution in [3.8, 4) is 6.07 Å². The van der Waals surface area contributed by atoms with E-state index in [4.69, 9.17) is 26.3 Å². The summed E-state index contributed by atoms with van der Waals surface area (Å²) in [4.78, 5) is 26.7. The second kappa shape index (κ2) is 17.2. The zero-order valence-electron chi connectivity index (χ0n) is 26.1. The molecule has 1 unspecified atom stereocenters. The van der Waals surface area contributed by atoms with Gasteiger partial charge in [0.15, 0.2) is 0 Å². The number of nitrogens with one attached hydrogen (secondary N) is 1. The summed E-state index contributed by atoms with van der Waals surface area (Å²) in [6.07, 6.45) is 6.16. The molecule has 7 heteroatoms. The third-order valence-corrected chi connectivity index (χ3v) is 8.34. The smallest absolute Gasteiger partial charge is 0.336 e. The van der Waals surface area contributed by atoms with Gasteiger partial charge in [-0.05, 0) is 55.5 Å². The maximum Gasteiger partial charge on any atom is 0.336 e. The fourth-order valence-corrected chi connectivity index (χ4v) is 6.14. The molecule has 0 aliphatic carbocycles. The fourth-order valence-electron chi connectivity index (χ4n) is 5.94. The minimum absolute atomic E-state index is 0.0317. The van der Waals surface area contributed by atoms with E-state index in [2.05, 4.69) is 66.0 Å². The van der Waals surface area contributed by atoms with Gasteiger partial charge in [-0.1, -0.05) is 110 Å². The van der Waals surface area contributed by atoms with E-state index in [1.165, 1.54) is 11.1 Å². The number of nitriles is 1. The lowest BCUT2D eigenvalue weighted by molar-refractivity contribution is -0.140. The van der Waals surface area contributed by atoms with Gasteiger partial charge < -0.3 is 14.8 Å². The van der Waals surface area contributed by atoms with Crippen LogP contribution in [-0.2, 0) is 19.1 Å². The molecule has 0 aromatic heterocycles. The lowest BCUT2D eigenvalue weighted by Gasteiger charge is -2.30. The van der Waals surface area contributed by atoms with E-state index in [1.807, 2.05) is 12.1 Å². The molecule has 0 bridgehead atoms. The Morgan fingerprint density at radius 3 is 1.91 bits per heavy atom. The van der Waals surface area contributed by atoms with Gasteiger partial charge in [-0.2, -0.15) is 5.26 Å². The van der Waals surface area contributed by atoms with Crippen LogP contribution in [0.3, 0.4) is 0 Å². The summed E-state index contributed by atoms with van der Waals surface area (Å²) in [5.41, 5.74) is 5.22. The van der Waals surface area contributed by atoms with Crippen LogP contribution in [0, 0.1) is 11.3 Å². The molecular formula is C38H41ClN2O4. The summed E-state index contributed by atoms with van der Waals surface area (Å²) in [6, 6.07) is 30.4. The number of halogens is 1. The molecule has 45 heavy (non-hydrogen) atoms. The Morgan fingerprint density at radius 1 is 0.778 bits per heavy atom. The quantitative estimate of drug-likeness (QED) is 0.134. The summed E-state index contributed by atoms with van der Waals surface area (Å²) >= 11 is 6.31. The van der Waals surface area contributed by atoms with E-state index >= 15 is 0 Å². The van der Waals surface area contributed by atoms with Gasteiger partial charge in [0.05, 0.1) is 36.2 Å². The molecule has 4 rings (SSSR count). The number of hydrogen-bond acceptors (Lipinski definition) is 6. The maximum atomic E-state index is 13.5. The van der Waals surface area contributed by atoms with Crippen LogP contribution in [0.4, 0.5) is 0 Å². The van der Waals surface area contributed by atoms with Crippen LogP contribution < -0.4 is 5.32 Å². The molecule has 0 amide bonds. The Bertz CT molecular complexity index is 1500. The van der Waals surface area contributed by atoms with E-state index < -0.39 is 17.9 Å². The molecule has 0 radical (unpaired) electrons. The average Bonchev–Trinajstić information content (AvgIpc) is 3.04. The second-order valence-electron chi connectivity index (χ2n) is 11.3. The number of nitrogens with zero attached hydrogens (tertiary/aromatic N) is 1. The number of unbranched alkanes of at least 4 members (excludes halogenated alkanes) is 4. The topological polar surface area (TPSA) is 88.4 Å². The van der Waals surface area contributed by atoms with Crippen molar-refractivity contribution in [3.05, 3.63) is 129 Å². The molecule has 3 aromatic rings. The van der Waals surface area contributed by atoms with E-state index in [1.54, 1.807) is 32.0 Å². The number of carbonyl (C=O) groups is 2. The van der Waals surface area contributed by atoms with Gasteiger partial charge in [0.25, 0.3) is 0 Å². The monoisotopic (exact) mass is 624 g/mol. The predicted molar refractivity (Wildman–Crippen MR) is 177 cm³/mol. The molecule has 0 saturated heterocycles. The molecular weight excluding hydrogens is 584 g/mol. The van der Waals surface area contributed by atoms with Gasteiger partial charge in [0.2, 0.25) is 0 Å². The SMILES string of the molecule is CC1=C(C(=O)OCCC#N)C(c2cccc(Cl)c2)C(C(=O)OCCCCCCCC(c2ccccc2)c2ccccc2)=C(C)N1. The van der Waals surface area contributed by atoms with Crippen LogP contribution in [0.25, 0.3) is 0 Å². The number of hydrogen-bond donors (Lipinski definition) is 1. The second-order valence-corrected chi connectivity index (χ2v) is 11.7. The molecule has 1 heterocycles. The van der Waals surface area contributed by atoms with Crippen LogP contribution in [-0.4, -0.2) is 25.2 Å². The molecule has 0 fully saturated rings. The Hall–Kier alpha value is -4.34. The van der Waals surface area contributed by atoms with Crippen molar-refractivity contribution >= 4 is 23.5 Å². The number of rotatable bonds is 15. The zero-order chi connectivity index (χ0) is 32.0. The number of esters is 2. The highest BCUT2D eigenvalue weighted by molar-refractivity contribution is 6.30. The van der Waals surface area contributed by atoms with Gasteiger partial charge in [-0.15, -0.1) is 0 Å². The van der Waals surface area contributed by atoms with Crippen LogP contribution in [0.1, 0.15) is 87.3 Å². The van der Waals surface area contributed by atoms with Crippen molar-refractivity contribution in [2.24, 2.45) is 0 Å². The highest BCUT2D eigenvalue weighted by Crippen LogP contribution is 2.40. The highest BCUT2D eigenvalue weighted by Gasteiger charge is 2.38. The standard InChI is InChI=1S/C38H41ClN2O4/c1-27-34(36(31-20-14-21-32(39)26-31)35(28(2)41-27)38(43)45-25-15-23-40)37(42)44-24-13-5-3-4-12-22-33(29-16-8-6-9-17-29)30-18-10-7-11-19-30/h6-11,14,16-21,26,33,36,41H,3-5,12-13,15,22,24-25H2,1-2H3. The normalized spacial score (nSPS) is 14.6. The Labute approximate surface area is 271 Å². The zero-order valence-corrected chi connectivity index (χ0v) is 26.8. The minimum atomic E-state index is -0.714. The van der Waals surface area contributed by atoms with Crippen LogP contribution >= 0.6 is 11.6 Å². The first-order valence-corrected chi connectivity index (χ1v) is 16.0. The first-order valence-electron chi connectivity index (χ1n) is 15.7. The Kier molecular flexibility index (Phi) is 12.8. The Morgan fingerprint density at radius 2 is 1.33 bits per heavy atom. The number of allylic oxidation sites excluding steroid dienone is 2. The van der Waals surface area contributed by atoms with Crippen LogP contribution in [0.5, 0.6) is 0 Å². The molecule has 1 aliphatic rings. The third-order valence-electron chi connectivity index (χ3n) is 8.10. The van der Waals surface area contributed by atoms with Gasteiger partial charge in [-0.3, -0.25) is 0 Å². The maximum absolute atomic E-state index is 13.5.